The van der Waals surface area contributed by atoms with Gasteiger partial charge in [-0.05, 0) is 176 Å². The Balaban J connectivity index is 1.18. The second kappa shape index (κ2) is 9.13. The zero-order valence-electron chi connectivity index (χ0n) is 24.3. The Kier molecular flexibility index (Phi) is 6.76. The van der Waals surface area contributed by atoms with Gasteiger partial charge in [0.25, 0.3) is 0 Å². The lowest BCUT2D eigenvalue weighted by Crippen LogP contribution is -2.43. The Labute approximate surface area is 268 Å². The lowest BCUT2D eigenvalue weighted by molar-refractivity contribution is 0.0875. The molecule has 6 rings (SSSR count). The monoisotopic (exact) mass is 778 g/mol. The van der Waals surface area contributed by atoms with E-state index in [1.807, 2.05) is 0 Å². The molecule has 2 aromatic carbocycles. The minimum atomic E-state index is -0.0431. The van der Waals surface area contributed by atoms with Crippen LogP contribution in [0.4, 0.5) is 0 Å². The van der Waals surface area contributed by atoms with E-state index in [9.17, 15) is 0 Å². The van der Waals surface area contributed by atoms with Crippen molar-refractivity contribution in [1.29, 1.82) is 0 Å². The Morgan fingerprint density at radius 3 is 0.923 bits per heavy atom. The fourth-order valence-electron chi connectivity index (χ4n) is 8.87. The molecule has 4 bridgehead atoms. The summed E-state index contributed by atoms with van der Waals surface area (Å²) in [6.07, 6.45) is 13.5. The summed E-state index contributed by atoms with van der Waals surface area (Å²) in [6, 6.07) is 0. The van der Waals surface area contributed by atoms with Gasteiger partial charge in [-0.2, -0.15) is 0 Å². The molecule has 0 N–H and O–H groups in total. The first-order chi connectivity index (χ1) is 18.2. The van der Waals surface area contributed by atoms with Gasteiger partial charge >= 0.3 is 0 Å². The van der Waals surface area contributed by atoms with Gasteiger partial charge in [-0.1, -0.05) is 30.7 Å². The van der Waals surface area contributed by atoms with Crippen molar-refractivity contribution in [3.05, 3.63) is 86.7 Å². The van der Waals surface area contributed by atoms with Crippen molar-refractivity contribution in [2.75, 3.05) is 13.1 Å². The van der Waals surface area contributed by atoms with E-state index in [1.165, 1.54) is 81.7 Å². The number of nitrogens with zero attached hydrogens (tertiary/aromatic N) is 2. The number of hydrogen-bond acceptors (Lipinski definition) is 2. The van der Waals surface area contributed by atoms with Gasteiger partial charge in [0.1, 0.15) is 0 Å². The van der Waals surface area contributed by atoms with E-state index in [1.54, 1.807) is 0 Å². The topological polar surface area (TPSA) is 6.48 Å². The van der Waals surface area contributed by atoms with Crippen LogP contribution in [0.1, 0.15) is 91.5 Å². The third-order valence-electron chi connectivity index (χ3n) is 10.7. The maximum atomic E-state index is 3.87. The number of unbranched alkanes of at least 4 members (excludes halogenated alkanes) is 2. The fourth-order valence-corrected chi connectivity index (χ4v) is 10.9. The molecule has 0 aromatic heterocycles. The molecule has 0 saturated heterocycles. The van der Waals surface area contributed by atoms with E-state index in [2.05, 4.69) is 153 Å². The number of fused-ring (bicyclic) bond motifs is 10. The van der Waals surface area contributed by atoms with Crippen LogP contribution in [-0.4, -0.2) is 22.9 Å². The van der Waals surface area contributed by atoms with Gasteiger partial charge in [-0.25, -0.2) is 0 Å². The van der Waals surface area contributed by atoms with Gasteiger partial charge < -0.3 is 0 Å². The van der Waals surface area contributed by atoms with Crippen molar-refractivity contribution in [1.82, 2.24) is 9.80 Å². The van der Waals surface area contributed by atoms with E-state index >= 15 is 0 Å². The second-order valence-corrected chi connectivity index (χ2v) is 16.0. The Hall–Kier alpha value is -0.240. The number of hydrogen-bond donors (Lipinski definition) is 0. The smallest absolute Gasteiger partial charge is 0.0634 e. The van der Waals surface area contributed by atoms with Crippen LogP contribution in [0.2, 0.25) is 0 Å². The van der Waals surface area contributed by atoms with Gasteiger partial charge in [0.15, 0.2) is 0 Å². The number of rotatable bonds is 6. The van der Waals surface area contributed by atoms with E-state index in [0.717, 1.165) is 13.1 Å². The maximum Gasteiger partial charge on any atom is 0.0634 e. The molecule has 0 unspecified atom stereocenters. The molecule has 4 aliphatic rings. The van der Waals surface area contributed by atoms with Crippen LogP contribution in [-0.2, 0) is 22.2 Å². The molecule has 208 valence electrons. The average molecular weight is 782 g/mol. The summed E-state index contributed by atoms with van der Waals surface area (Å²) in [5.74, 6) is 0. The van der Waals surface area contributed by atoms with Gasteiger partial charge in [0, 0.05) is 31.0 Å². The molecule has 4 heterocycles. The highest BCUT2D eigenvalue weighted by Crippen LogP contribution is 2.61. The zero-order valence-corrected chi connectivity index (χ0v) is 30.6. The summed E-state index contributed by atoms with van der Waals surface area (Å²) >= 11 is 15.5. The molecule has 0 radical (unpaired) electrons. The molecular formula is C33H38Br4N2. The minimum Gasteiger partial charge on any atom is -0.277 e. The van der Waals surface area contributed by atoms with Crippen molar-refractivity contribution >= 4 is 63.7 Å². The molecule has 0 spiro atoms. The lowest BCUT2D eigenvalue weighted by atomic mass is 9.79. The highest BCUT2D eigenvalue weighted by molar-refractivity contribution is 9.13. The van der Waals surface area contributed by atoms with Crippen LogP contribution in [0.25, 0.3) is 0 Å². The number of benzene rings is 2. The van der Waals surface area contributed by atoms with Gasteiger partial charge in [-0.15, -0.1) is 0 Å². The van der Waals surface area contributed by atoms with Crippen LogP contribution in [0.15, 0.2) is 42.2 Å². The van der Waals surface area contributed by atoms with Gasteiger partial charge in [0.05, 0.1) is 22.2 Å². The molecule has 2 aromatic rings. The van der Waals surface area contributed by atoms with Crippen LogP contribution in [0.3, 0.4) is 0 Å². The highest BCUT2D eigenvalue weighted by atomic mass is 79.9. The number of halogens is 4. The minimum absolute atomic E-state index is 0.0431. The maximum absolute atomic E-state index is 3.87. The van der Waals surface area contributed by atoms with E-state index in [0.29, 0.717) is 0 Å². The molecule has 4 aliphatic heterocycles. The summed E-state index contributed by atoms with van der Waals surface area (Å²) < 4.78 is 4.80. The Morgan fingerprint density at radius 1 is 0.462 bits per heavy atom. The first-order valence-corrected chi connectivity index (χ1v) is 17.3. The summed E-state index contributed by atoms with van der Waals surface area (Å²) in [6.45, 7) is 21.0. The molecule has 2 nitrogen and oxygen atoms in total. The third-order valence-corrected chi connectivity index (χ3v) is 15.7. The van der Waals surface area contributed by atoms with E-state index in [4.69, 9.17) is 0 Å². The normalized spacial score (nSPS) is 32.1. The van der Waals surface area contributed by atoms with Crippen LogP contribution < -0.4 is 0 Å². The van der Waals surface area contributed by atoms with Crippen LogP contribution in [0.5, 0.6) is 0 Å². The van der Waals surface area contributed by atoms with Gasteiger partial charge in [-0.3, -0.25) is 9.80 Å². The van der Waals surface area contributed by atoms with Crippen molar-refractivity contribution in [3.8, 4) is 0 Å². The van der Waals surface area contributed by atoms with Crippen molar-refractivity contribution in [2.24, 2.45) is 0 Å². The predicted octanol–water partition coefficient (Wildman–Crippen LogP) is 10.5. The van der Waals surface area contributed by atoms with Crippen LogP contribution in [0, 0.1) is 27.7 Å². The quantitative estimate of drug-likeness (QED) is 0.213. The molecule has 39 heavy (non-hydrogen) atoms. The highest BCUT2D eigenvalue weighted by Gasteiger charge is 2.58. The summed E-state index contributed by atoms with van der Waals surface area (Å²) in [7, 11) is 0. The first-order valence-electron chi connectivity index (χ1n) is 14.1. The predicted molar refractivity (Wildman–Crippen MR) is 178 cm³/mol. The lowest BCUT2D eigenvalue weighted by Gasteiger charge is -2.38. The molecule has 0 fully saturated rings. The molecule has 0 aliphatic carbocycles. The largest absolute Gasteiger partial charge is 0.277 e. The fraction of sp³-hybridized carbons (Fsp3) is 0.515. The molecule has 4 atom stereocenters. The van der Waals surface area contributed by atoms with E-state index < -0.39 is 0 Å². The summed E-state index contributed by atoms with van der Waals surface area (Å²) in [5, 5.41) is 0. The van der Waals surface area contributed by atoms with E-state index in [-0.39, 0.29) is 22.2 Å². The Morgan fingerprint density at radius 2 is 0.692 bits per heavy atom. The van der Waals surface area contributed by atoms with Gasteiger partial charge in [0.2, 0.25) is 0 Å². The third kappa shape index (κ3) is 3.48. The molecule has 0 amide bonds. The van der Waals surface area contributed by atoms with Crippen molar-refractivity contribution in [2.45, 2.75) is 96.8 Å². The molecule has 0 saturated carbocycles. The SMILES string of the molecule is Cc1c(Br)c(Br)c(C)c2c1[C@@]1(C)C=C[C@@]2(C)N1CCCCCN1[C@]2(C)C=C[C@]1(C)c1c(C)c(Br)c(Br)c(C)c12. The standard InChI is InChI=1S/C33H38Br4N2/c1-18-22-23(19(2)27(35)26(18)34)31(6)13-12-30(22,5)38(31)16-10-9-11-17-39-32(7)14-15-33(39,8)25-21(4)29(37)28(36)20(3)24(25)32/h12-15H,9-11,16-17H2,1-8H3/t30-,31-,32-,33-/m1/s1. The molecular weight excluding hydrogens is 744 g/mol. The Bertz CT molecular complexity index is 1290. The average Bonchev–Trinajstić information content (AvgIpc) is 3.45. The summed E-state index contributed by atoms with van der Waals surface area (Å²) in [5.41, 5.74) is 11.3. The molecule has 6 heteroatoms. The van der Waals surface area contributed by atoms with Crippen molar-refractivity contribution < 1.29 is 0 Å². The zero-order chi connectivity index (χ0) is 28.4. The van der Waals surface area contributed by atoms with Crippen LogP contribution >= 0.6 is 63.7 Å². The van der Waals surface area contributed by atoms with Crippen molar-refractivity contribution in [3.63, 3.8) is 0 Å². The first kappa shape index (κ1) is 28.9. The second-order valence-electron chi connectivity index (χ2n) is 12.9. The summed E-state index contributed by atoms with van der Waals surface area (Å²) in [4.78, 5) is 5.51.